The summed E-state index contributed by atoms with van der Waals surface area (Å²) in [5.41, 5.74) is 5.97. The van der Waals surface area contributed by atoms with Gasteiger partial charge in [-0.3, -0.25) is 4.98 Å². The highest BCUT2D eigenvalue weighted by Gasteiger charge is 2.19. The van der Waals surface area contributed by atoms with Crippen molar-refractivity contribution in [2.24, 2.45) is 0 Å². The van der Waals surface area contributed by atoms with Crippen molar-refractivity contribution in [1.82, 2.24) is 20.3 Å². The fourth-order valence-electron chi connectivity index (χ4n) is 4.26. The Morgan fingerprint density at radius 2 is 1.94 bits per heavy atom. The van der Waals surface area contributed by atoms with Gasteiger partial charge in [0.15, 0.2) is 0 Å². The SMILES string of the molecule is COc1ccc(F)cc1-c1ccnc2[nH]c(C3=CCNC(Cc4ccncc4)C3)cc12. The first kappa shape index (κ1) is 19.5. The Labute approximate surface area is 180 Å². The third kappa shape index (κ3) is 3.94. The molecule has 156 valence electrons. The zero-order valence-corrected chi connectivity index (χ0v) is 17.2. The lowest BCUT2D eigenvalue weighted by Crippen LogP contribution is -2.34. The molecule has 1 aliphatic rings. The Hall–Kier alpha value is -3.51. The number of methoxy groups -OCH3 is 1. The molecule has 2 N–H and O–H groups in total. The molecule has 1 unspecified atom stereocenters. The van der Waals surface area contributed by atoms with Crippen molar-refractivity contribution in [3.05, 3.63) is 84.2 Å². The van der Waals surface area contributed by atoms with Gasteiger partial charge in [-0.15, -0.1) is 0 Å². The van der Waals surface area contributed by atoms with E-state index in [4.69, 9.17) is 4.74 Å². The summed E-state index contributed by atoms with van der Waals surface area (Å²) in [6.07, 6.45) is 9.49. The number of fused-ring (bicyclic) bond motifs is 1. The lowest BCUT2D eigenvalue weighted by molar-refractivity contribution is 0.415. The quantitative estimate of drug-likeness (QED) is 0.494. The van der Waals surface area contributed by atoms with E-state index in [0.717, 1.165) is 47.2 Å². The number of halogens is 1. The van der Waals surface area contributed by atoms with E-state index in [1.807, 2.05) is 18.5 Å². The Morgan fingerprint density at radius 3 is 2.77 bits per heavy atom. The molecule has 0 fully saturated rings. The first-order valence-corrected chi connectivity index (χ1v) is 10.3. The van der Waals surface area contributed by atoms with E-state index in [1.54, 1.807) is 19.4 Å². The fourth-order valence-corrected chi connectivity index (χ4v) is 4.26. The van der Waals surface area contributed by atoms with Crippen LogP contribution >= 0.6 is 0 Å². The Balaban J connectivity index is 1.48. The summed E-state index contributed by atoms with van der Waals surface area (Å²) < 4.78 is 19.5. The van der Waals surface area contributed by atoms with Gasteiger partial charge in [0.05, 0.1) is 7.11 Å². The van der Waals surface area contributed by atoms with Crippen LogP contribution in [0.25, 0.3) is 27.7 Å². The van der Waals surface area contributed by atoms with Gasteiger partial charge in [0.1, 0.15) is 17.2 Å². The van der Waals surface area contributed by atoms with Crippen LogP contribution in [0.3, 0.4) is 0 Å². The van der Waals surface area contributed by atoms with E-state index >= 15 is 0 Å². The minimum atomic E-state index is -0.295. The number of pyridine rings is 2. The van der Waals surface area contributed by atoms with Gasteiger partial charge in [-0.25, -0.2) is 9.37 Å². The van der Waals surface area contributed by atoms with E-state index < -0.39 is 0 Å². The molecule has 4 aromatic rings. The minimum Gasteiger partial charge on any atom is -0.496 e. The van der Waals surface area contributed by atoms with Gasteiger partial charge in [0.2, 0.25) is 0 Å². The third-order valence-electron chi connectivity index (χ3n) is 5.78. The van der Waals surface area contributed by atoms with E-state index in [2.05, 4.69) is 44.5 Å². The lowest BCUT2D eigenvalue weighted by atomic mass is 9.94. The zero-order valence-electron chi connectivity index (χ0n) is 17.2. The first-order chi connectivity index (χ1) is 15.2. The maximum Gasteiger partial charge on any atom is 0.138 e. The molecule has 0 saturated carbocycles. The van der Waals surface area contributed by atoms with E-state index in [-0.39, 0.29) is 5.82 Å². The number of H-pyrrole nitrogens is 1. The van der Waals surface area contributed by atoms with Crippen LogP contribution in [-0.4, -0.2) is 34.6 Å². The van der Waals surface area contributed by atoms with Gasteiger partial charge in [-0.2, -0.15) is 0 Å². The van der Waals surface area contributed by atoms with Crippen LogP contribution in [0.5, 0.6) is 5.75 Å². The van der Waals surface area contributed by atoms with Crippen LogP contribution in [0, 0.1) is 5.82 Å². The summed E-state index contributed by atoms with van der Waals surface area (Å²) in [5, 5.41) is 4.53. The highest BCUT2D eigenvalue weighted by atomic mass is 19.1. The van der Waals surface area contributed by atoms with Gasteiger partial charge in [-0.05, 0) is 72.0 Å². The van der Waals surface area contributed by atoms with Gasteiger partial charge in [0.25, 0.3) is 0 Å². The minimum absolute atomic E-state index is 0.295. The standard InChI is InChI=1S/C25H23FN4O/c1-31-24-3-2-18(26)14-21(24)20-7-11-29-25-22(20)15-23(30-25)17-6-10-28-19(13-17)12-16-4-8-27-9-5-16/h2-9,11,14-15,19,28H,10,12-13H2,1H3,(H,29,30). The highest BCUT2D eigenvalue weighted by molar-refractivity contribution is 5.96. The van der Waals surface area contributed by atoms with E-state index in [9.17, 15) is 4.39 Å². The van der Waals surface area contributed by atoms with Gasteiger partial charge < -0.3 is 15.0 Å². The molecule has 0 radical (unpaired) electrons. The Morgan fingerprint density at radius 1 is 1.06 bits per heavy atom. The molecule has 0 bridgehead atoms. The maximum absolute atomic E-state index is 14.0. The van der Waals surface area contributed by atoms with Crippen LogP contribution in [0.4, 0.5) is 4.39 Å². The predicted molar refractivity (Wildman–Crippen MR) is 120 cm³/mol. The molecule has 0 amide bonds. The molecule has 0 saturated heterocycles. The number of hydrogen-bond donors (Lipinski definition) is 2. The predicted octanol–water partition coefficient (Wildman–Crippen LogP) is 4.76. The molecule has 1 aromatic carbocycles. The number of aromatic amines is 1. The van der Waals surface area contributed by atoms with Crippen LogP contribution in [0.15, 0.2) is 67.1 Å². The van der Waals surface area contributed by atoms with Crippen molar-refractivity contribution in [1.29, 1.82) is 0 Å². The summed E-state index contributed by atoms with van der Waals surface area (Å²) in [6.45, 7) is 0.818. The average Bonchev–Trinajstić information content (AvgIpc) is 3.24. The van der Waals surface area contributed by atoms with Crippen LogP contribution < -0.4 is 10.1 Å². The van der Waals surface area contributed by atoms with Crippen LogP contribution in [0.1, 0.15) is 17.7 Å². The molecular weight excluding hydrogens is 391 g/mol. The van der Waals surface area contributed by atoms with Crippen molar-refractivity contribution in [2.45, 2.75) is 18.9 Å². The van der Waals surface area contributed by atoms with Crippen LogP contribution in [0.2, 0.25) is 0 Å². The molecule has 4 heterocycles. The zero-order chi connectivity index (χ0) is 21.2. The smallest absolute Gasteiger partial charge is 0.138 e. The summed E-state index contributed by atoms with van der Waals surface area (Å²) in [4.78, 5) is 12.1. The number of benzene rings is 1. The summed E-state index contributed by atoms with van der Waals surface area (Å²) >= 11 is 0. The number of aromatic nitrogens is 3. The molecule has 0 spiro atoms. The highest BCUT2D eigenvalue weighted by Crippen LogP contribution is 2.36. The second kappa shape index (κ2) is 8.32. The summed E-state index contributed by atoms with van der Waals surface area (Å²) in [6, 6.07) is 13.1. The number of hydrogen-bond acceptors (Lipinski definition) is 4. The molecule has 1 atom stereocenters. The normalized spacial score (nSPS) is 16.3. The number of nitrogens with zero attached hydrogens (tertiary/aromatic N) is 2. The van der Waals surface area contributed by atoms with Gasteiger partial charge in [0, 0.05) is 47.8 Å². The fraction of sp³-hybridized carbons (Fsp3) is 0.200. The molecular formula is C25H23FN4O. The lowest BCUT2D eigenvalue weighted by Gasteiger charge is -2.24. The maximum atomic E-state index is 14.0. The monoisotopic (exact) mass is 414 g/mol. The molecule has 3 aromatic heterocycles. The number of ether oxygens (including phenoxy) is 1. The van der Waals surface area contributed by atoms with E-state index in [1.165, 1.54) is 23.3 Å². The average molecular weight is 414 g/mol. The third-order valence-corrected chi connectivity index (χ3v) is 5.78. The number of rotatable bonds is 5. The molecule has 5 nitrogen and oxygen atoms in total. The second-order valence-corrected chi connectivity index (χ2v) is 7.75. The molecule has 31 heavy (non-hydrogen) atoms. The van der Waals surface area contributed by atoms with Crippen molar-refractivity contribution in [3.63, 3.8) is 0 Å². The number of nitrogens with one attached hydrogen (secondary N) is 2. The topological polar surface area (TPSA) is 62.8 Å². The Kier molecular flexibility index (Phi) is 5.22. The summed E-state index contributed by atoms with van der Waals surface area (Å²) in [7, 11) is 1.60. The van der Waals surface area contributed by atoms with Crippen molar-refractivity contribution in [2.75, 3.05) is 13.7 Å². The Bertz CT molecular complexity index is 1250. The summed E-state index contributed by atoms with van der Waals surface area (Å²) in [5.74, 6) is 0.340. The van der Waals surface area contributed by atoms with E-state index in [0.29, 0.717) is 11.8 Å². The molecule has 0 aliphatic carbocycles. The van der Waals surface area contributed by atoms with Crippen LogP contribution in [-0.2, 0) is 6.42 Å². The second-order valence-electron chi connectivity index (χ2n) is 7.75. The largest absolute Gasteiger partial charge is 0.496 e. The molecule has 1 aliphatic heterocycles. The van der Waals surface area contributed by atoms with Gasteiger partial charge in [-0.1, -0.05) is 6.08 Å². The first-order valence-electron chi connectivity index (χ1n) is 10.3. The van der Waals surface area contributed by atoms with Crippen molar-refractivity contribution in [3.8, 4) is 16.9 Å². The molecule has 6 heteroatoms. The van der Waals surface area contributed by atoms with Crippen molar-refractivity contribution < 1.29 is 9.13 Å². The van der Waals surface area contributed by atoms with Gasteiger partial charge >= 0.3 is 0 Å². The molecule has 5 rings (SSSR count). The van der Waals surface area contributed by atoms with Crippen molar-refractivity contribution >= 4 is 16.6 Å².